The van der Waals surface area contributed by atoms with Crippen molar-refractivity contribution in [2.24, 2.45) is 0 Å². The van der Waals surface area contributed by atoms with Gasteiger partial charge in [0.2, 0.25) is 0 Å². The number of benzene rings is 2. The minimum Gasteiger partial charge on any atom is -0.486 e. The van der Waals surface area contributed by atoms with Gasteiger partial charge in [-0.2, -0.15) is 0 Å². The lowest BCUT2D eigenvalue weighted by Gasteiger charge is -2.12. The van der Waals surface area contributed by atoms with Gasteiger partial charge in [0.1, 0.15) is 12.4 Å². The highest BCUT2D eigenvalue weighted by Gasteiger charge is 2.09. The molecule has 2 N–H and O–H groups in total. The van der Waals surface area contributed by atoms with Crippen LogP contribution in [0.25, 0.3) is 0 Å². The van der Waals surface area contributed by atoms with Crippen LogP contribution >= 0.6 is 55.1 Å². The summed E-state index contributed by atoms with van der Waals surface area (Å²) in [5.41, 5.74) is 7.24. The highest BCUT2D eigenvalue weighted by molar-refractivity contribution is 9.11. The van der Waals surface area contributed by atoms with Crippen LogP contribution in [0.2, 0.25) is 10.0 Å². The summed E-state index contributed by atoms with van der Waals surface area (Å²) < 4.78 is 7.32. The van der Waals surface area contributed by atoms with Crippen molar-refractivity contribution in [3.05, 3.63) is 54.9 Å². The second-order valence-corrected chi connectivity index (χ2v) is 6.39. The molecule has 0 spiro atoms. The zero-order chi connectivity index (χ0) is 14.0. The molecule has 2 aromatic rings. The average Bonchev–Trinajstić information content (AvgIpc) is 2.30. The molecule has 0 amide bonds. The van der Waals surface area contributed by atoms with Crippen LogP contribution in [-0.4, -0.2) is 0 Å². The summed E-state index contributed by atoms with van der Waals surface area (Å²) >= 11 is 18.8. The molecule has 0 bridgehead atoms. The molecule has 100 valence electrons. The zero-order valence-corrected chi connectivity index (χ0v) is 14.3. The van der Waals surface area contributed by atoms with E-state index in [0.717, 1.165) is 14.5 Å². The van der Waals surface area contributed by atoms with Gasteiger partial charge in [-0.25, -0.2) is 0 Å². The first kappa shape index (κ1) is 15.0. The Morgan fingerprint density at radius 2 is 1.68 bits per heavy atom. The third-order valence-corrected chi connectivity index (χ3v) is 4.17. The van der Waals surface area contributed by atoms with Crippen LogP contribution in [0.4, 0.5) is 5.69 Å². The quantitative estimate of drug-likeness (QED) is 0.642. The maximum atomic E-state index is 6.09. The van der Waals surface area contributed by atoms with Crippen molar-refractivity contribution < 1.29 is 4.74 Å². The molecule has 2 aromatic carbocycles. The molecule has 0 fully saturated rings. The van der Waals surface area contributed by atoms with Crippen molar-refractivity contribution in [1.29, 1.82) is 0 Å². The number of hydrogen-bond donors (Lipinski definition) is 1. The lowest BCUT2D eigenvalue weighted by atomic mass is 10.2. The van der Waals surface area contributed by atoms with E-state index in [4.69, 9.17) is 33.7 Å². The minimum atomic E-state index is 0.344. The van der Waals surface area contributed by atoms with Gasteiger partial charge in [0.15, 0.2) is 0 Å². The van der Waals surface area contributed by atoms with Gasteiger partial charge in [0, 0.05) is 21.3 Å². The van der Waals surface area contributed by atoms with E-state index in [0.29, 0.717) is 28.1 Å². The molecule has 0 heterocycles. The largest absolute Gasteiger partial charge is 0.486 e. The van der Waals surface area contributed by atoms with Gasteiger partial charge in [-0.05, 0) is 56.1 Å². The van der Waals surface area contributed by atoms with E-state index in [1.807, 2.05) is 6.07 Å². The molecule has 2 nitrogen and oxygen atoms in total. The molecule has 0 saturated heterocycles. The molecule has 0 aliphatic carbocycles. The lowest BCUT2D eigenvalue weighted by molar-refractivity contribution is 0.302. The number of anilines is 1. The molecule has 0 aromatic heterocycles. The average molecular weight is 426 g/mol. The molecular formula is C13H9Br2Cl2NO. The number of hydrogen-bond acceptors (Lipinski definition) is 2. The van der Waals surface area contributed by atoms with Gasteiger partial charge in [0.25, 0.3) is 0 Å². The van der Waals surface area contributed by atoms with Crippen molar-refractivity contribution in [1.82, 2.24) is 0 Å². The topological polar surface area (TPSA) is 35.2 Å². The van der Waals surface area contributed by atoms with Crippen molar-refractivity contribution >= 4 is 60.7 Å². The Hall–Kier alpha value is -0.420. The third kappa shape index (κ3) is 3.78. The van der Waals surface area contributed by atoms with Crippen LogP contribution in [-0.2, 0) is 6.61 Å². The Balaban J connectivity index is 2.19. The van der Waals surface area contributed by atoms with E-state index in [9.17, 15) is 0 Å². The summed E-state index contributed by atoms with van der Waals surface area (Å²) in [7, 11) is 0. The number of nitrogens with two attached hydrogens (primary N) is 1. The lowest BCUT2D eigenvalue weighted by Crippen LogP contribution is -1.98. The summed E-state index contributed by atoms with van der Waals surface area (Å²) in [6, 6.07) is 8.87. The van der Waals surface area contributed by atoms with E-state index in [2.05, 4.69) is 31.9 Å². The van der Waals surface area contributed by atoms with Gasteiger partial charge in [0.05, 0.1) is 8.95 Å². The fourth-order valence-corrected chi connectivity index (χ4v) is 3.42. The predicted molar refractivity (Wildman–Crippen MR) is 87.0 cm³/mol. The Labute approximate surface area is 138 Å². The minimum absolute atomic E-state index is 0.344. The van der Waals surface area contributed by atoms with Crippen molar-refractivity contribution in [3.8, 4) is 5.75 Å². The molecule has 6 heteroatoms. The Bertz CT molecular complexity index is 597. The summed E-state index contributed by atoms with van der Waals surface area (Å²) in [5.74, 6) is 0.681. The third-order valence-electron chi connectivity index (χ3n) is 2.41. The van der Waals surface area contributed by atoms with Crippen LogP contribution in [0.5, 0.6) is 5.75 Å². The monoisotopic (exact) mass is 423 g/mol. The molecule has 0 aliphatic rings. The Kier molecular flexibility index (Phi) is 5.01. The number of rotatable bonds is 3. The van der Waals surface area contributed by atoms with Crippen molar-refractivity contribution in [2.45, 2.75) is 6.61 Å². The molecule has 2 rings (SSSR count). The van der Waals surface area contributed by atoms with Gasteiger partial charge in [-0.1, -0.05) is 29.3 Å². The second kappa shape index (κ2) is 6.35. The first-order chi connectivity index (χ1) is 8.97. The Morgan fingerprint density at radius 3 is 2.26 bits per heavy atom. The van der Waals surface area contributed by atoms with E-state index in [1.54, 1.807) is 24.3 Å². The fraction of sp³-hybridized carbons (Fsp3) is 0.0769. The van der Waals surface area contributed by atoms with Gasteiger partial charge >= 0.3 is 0 Å². The highest BCUT2D eigenvalue weighted by atomic mass is 79.9. The first-order valence-corrected chi connectivity index (χ1v) is 7.63. The molecule has 0 aliphatic heterocycles. The number of nitrogen functional groups attached to an aromatic ring is 1. The zero-order valence-electron chi connectivity index (χ0n) is 9.59. The van der Waals surface area contributed by atoms with Gasteiger partial charge in [-0.15, -0.1) is 0 Å². The van der Waals surface area contributed by atoms with E-state index < -0.39 is 0 Å². The Morgan fingerprint density at radius 1 is 1.05 bits per heavy atom. The van der Waals surface area contributed by atoms with Gasteiger partial charge in [-0.3, -0.25) is 0 Å². The number of halogens is 4. The molecule has 19 heavy (non-hydrogen) atoms. The normalized spacial score (nSPS) is 10.5. The second-order valence-electron chi connectivity index (χ2n) is 3.84. The van der Waals surface area contributed by atoms with Crippen LogP contribution in [0.3, 0.4) is 0 Å². The predicted octanol–water partition coefficient (Wildman–Crippen LogP) is 5.68. The maximum absolute atomic E-state index is 6.09. The molecule has 0 radical (unpaired) electrons. The van der Waals surface area contributed by atoms with Crippen LogP contribution in [0.15, 0.2) is 39.3 Å². The summed E-state index contributed by atoms with van der Waals surface area (Å²) in [6.45, 7) is 0.344. The SMILES string of the molecule is Nc1cc(Br)c(OCc2ccc(Cl)cc2Cl)c(Br)c1. The number of ether oxygens (including phenoxy) is 1. The smallest absolute Gasteiger partial charge is 0.148 e. The van der Waals surface area contributed by atoms with E-state index >= 15 is 0 Å². The molecule has 0 saturated carbocycles. The van der Waals surface area contributed by atoms with Crippen LogP contribution in [0.1, 0.15) is 5.56 Å². The summed E-state index contributed by atoms with van der Waals surface area (Å²) in [6.07, 6.45) is 0. The molecule has 0 atom stereocenters. The van der Waals surface area contributed by atoms with Crippen LogP contribution in [0, 0.1) is 0 Å². The van der Waals surface area contributed by atoms with E-state index in [1.165, 1.54) is 0 Å². The van der Waals surface area contributed by atoms with Crippen LogP contribution < -0.4 is 10.5 Å². The van der Waals surface area contributed by atoms with Crippen molar-refractivity contribution in [2.75, 3.05) is 5.73 Å². The fourth-order valence-electron chi connectivity index (χ4n) is 1.51. The first-order valence-electron chi connectivity index (χ1n) is 5.28. The maximum Gasteiger partial charge on any atom is 0.148 e. The standard InChI is InChI=1S/C13H9Br2Cl2NO/c14-10-4-9(18)5-11(15)13(10)19-6-7-1-2-8(16)3-12(7)17/h1-5H,6,18H2. The van der Waals surface area contributed by atoms with E-state index in [-0.39, 0.29) is 0 Å². The highest BCUT2D eigenvalue weighted by Crippen LogP contribution is 2.36. The summed E-state index contributed by atoms with van der Waals surface area (Å²) in [4.78, 5) is 0. The molecule has 0 unspecified atom stereocenters. The van der Waals surface area contributed by atoms with Crippen molar-refractivity contribution in [3.63, 3.8) is 0 Å². The summed E-state index contributed by atoms with van der Waals surface area (Å²) in [5, 5.41) is 1.18. The van der Waals surface area contributed by atoms with Gasteiger partial charge < -0.3 is 10.5 Å². The molecular weight excluding hydrogens is 417 g/mol.